The Morgan fingerprint density at radius 2 is 2.06 bits per heavy atom. The third-order valence-electron chi connectivity index (χ3n) is 2.82. The van der Waals surface area contributed by atoms with Gasteiger partial charge < -0.3 is 9.30 Å². The number of hydrogen-bond donors (Lipinski definition) is 0. The molecule has 1 rings (SSSR count). The maximum atomic E-state index is 11.3. The van der Waals surface area contributed by atoms with E-state index in [2.05, 4.69) is 9.55 Å². The van der Waals surface area contributed by atoms with E-state index in [0.29, 0.717) is 6.42 Å². The highest BCUT2D eigenvalue weighted by atomic mass is 16.5. The number of rotatable bonds is 8. The lowest BCUT2D eigenvalue weighted by Gasteiger charge is -2.07. The van der Waals surface area contributed by atoms with E-state index < -0.39 is 0 Å². The largest absolute Gasteiger partial charge is 0.463 e. The Bertz CT molecular complexity index is 358. The summed E-state index contributed by atoms with van der Waals surface area (Å²) in [5.41, 5.74) is 0. The number of aromatic nitrogens is 2. The number of carbonyl (C=O) groups excluding carboxylic acids is 1. The van der Waals surface area contributed by atoms with Crippen LogP contribution >= 0.6 is 0 Å². The Labute approximate surface area is 109 Å². The Hall–Kier alpha value is -1.32. The summed E-state index contributed by atoms with van der Waals surface area (Å²) in [6.45, 7) is 6.79. The molecule has 18 heavy (non-hydrogen) atoms. The molecular weight excluding hydrogens is 228 g/mol. The minimum Gasteiger partial charge on any atom is -0.463 e. The van der Waals surface area contributed by atoms with Gasteiger partial charge in [-0.05, 0) is 33.6 Å². The van der Waals surface area contributed by atoms with Crippen molar-refractivity contribution in [1.29, 1.82) is 0 Å². The number of imidazole rings is 1. The summed E-state index contributed by atoms with van der Waals surface area (Å²) in [5.74, 6) is 0.992. The highest BCUT2D eigenvalue weighted by molar-refractivity contribution is 5.69. The second kappa shape index (κ2) is 7.90. The second-order valence-electron chi connectivity index (χ2n) is 4.87. The fourth-order valence-corrected chi connectivity index (χ4v) is 1.87. The highest BCUT2D eigenvalue weighted by Gasteiger charge is 2.04. The van der Waals surface area contributed by atoms with Crippen molar-refractivity contribution >= 4 is 5.97 Å². The summed E-state index contributed by atoms with van der Waals surface area (Å²) < 4.78 is 7.24. The molecule has 1 aromatic heterocycles. The number of hydrogen-bond acceptors (Lipinski definition) is 3. The third kappa shape index (κ3) is 5.84. The molecule has 0 unspecified atom stereocenters. The molecule has 0 fully saturated rings. The number of carbonyl (C=O) groups is 1. The van der Waals surface area contributed by atoms with E-state index >= 15 is 0 Å². The molecule has 0 aliphatic rings. The van der Waals surface area contributed by atoms with E-state index in [1.54, 1.807) is 0 Å². The Kier molecular flexibility index (Phi) is 6.47. The molecule has 4 heteroatoms. The summed E-state index contributed by atoms with van der Waals surface area (Å²) in [4.78, 5) is 15.5. The van der Waals surface area contributed by atoms with Crippen LogP contribution in [0.15, 0.2) is 12.4 Å². The van der Waals surface area contributed by atoms with Crippen molar-refractivity contribution in [3.63, 3.8) is 0 Å². The van der Waals surface area contributed by atoms with Crippen molar-refractivity contribution in [2.45, 2.75) is 65.5 Å². The Morgan fingerprint density at radius 3 is 2.67 bits per heavy atom. The lowest BCUT2D eigenvalue weighted by atomic mass is 10.1. The van der Waals surface area contributed by atoms with Crippen LogP contribution in [0, 0.1) is 6.92 Å². The molecule has 0 amide bonds. The first-order valence-corrected chi connectivity index (χ1v) is 6.77. The van der Waals surface area contributed by atoms with Gasteiger partial charge in [0, 0.05) is 25.4 Å². The first-order valence-electron chi connectivity index (χ1n) is 6.77. The molecule has 0 N–H and O–H groups in total. The van der Waals surface area contributed by atoms with Gasteiger partial charge >= 0.3 is 5.97 Å². The van der Waals surface area contributed by atoms with Crippen LogP contribution in [-0.2, 0) is 16.1 Å². The molecule has 0 saturated heterocycles. The standard InChI is InChI=1S/C14H24N2O2/c1-12(2)18-14(17)8-6-4-5-7-10-16-11-9-15-13(16)3/h9,11-12H,4-8,10H2,1-3H3. The van der Waals surface area contributed by atoms with Gasteiger partial charge in [-0.3, -0.25) is 4.79 Å². The maximum absolute atomic E-state index is 11.3. The van der Waals surface area contributed by atoms with E-state index in [1.807, 2.05) is 33.2 Å². The van der Waals surface area contributed by atoms with E-state index in [0.717, 1.165) is 38.1 Å². The Morgan fingerprint density at radius 1 is 1.33 bits per heavy atom. The molecular formula is C14H24N2O2. The predicted molar refractivity (Wildman–Crippen MR) is 71.3 cm³/mol. The smallest absolute Gasteiger partial charge is 0.306 e. The average Bonchev–Trinajstić information content (AvgIpc) is 2.68. The Balaban J connectivity index is 1.99. The van der Waals surface area contributed by atoms with Gasteiger partial charge in [-0.25, -0.2) is 4.98 Å². The predicted octanol–water partition coefficient (Wildman–Crippen LogP) is 3.09. The number of aryl methyl sites for hydroxylation is 2. The second-order valence-corrected chi connectivity index (χ2v) is 4.87. The van der Waals surface area contributed by atoms with Crippen LogP contribution in [0.4, 0.5) is 0 Å². The van der Waals surface area contributed by atoms with Gasteiger partial charge in [0.1, 0.15) is 5.82 Å². The quantitative estimate of drug-likeness (QED) is 0.527. The number of nitrogens with zero attached hydrogens (tertiary/aromatic N) is 2. The van der Waals surface area contributed by atoms with Crippen LogP contribution in [0.3, 0.4) is 0 Å². The maximum Gasteiger partial charge on any atom is 0.306 e. The molecule has 1 aromatic rings. The van der Waals surface area contributed by atoms with Crippen LogP contribution in [0.5, 0.6) is 0 Å². The van der Waals surface area contributed by atoms with E-state index in [1.165, 1.54) is 0 Å². The number of esters is 1. The molecule has 0 spiro atoms. The van der Waals surface area contributed by atoms with Crippen molar-refractivity contribution < 1.29 is 9.53 Å². The molecule has 0 atom stereocenters. The van der Waals surface area contributed by atoms with Crippen LogP contribution in [0.2, 0.25) is 0 Å². The molecule has 0 radical (unpaired) electrons. The van der Waals surface area contributed by atoms with Crippen molar-refractivity contribution in [2.24, 2.45) is 0 Å². The van der Waals surface area contributed by atoms with Crippen LogP contribution in [-0.4, -0.2) is 21.6 Å². The van der Waals surface area contributed by atoms with E-state index in [9.17, 15) is 4.79 Å². The van der Waals surface area contributed by atoms with Gasteiger partial charge in [-0.1, -0.05) is 12.8 Å². The molecule has 0 aliphatic heterocycles. The summed E-state index contributed by atoms with van der Waals surface area (Å²) in [5, 5.41) is 0. The monoisotopic (exact) mass is 252 g/mol. The summed E-state index contributed by atoms with van der Waals surface area (Å²) >= 11 is 0. The third-order valence-corrected chi connectivity index (χ3v) is 2.82. The van der Waals surface area contributed by atoms with Crippen molar-refractivity contribution in [3.05, 3.63) is 18.2 Å². The lowest BCUT2D eigenvalue weighted by Crippen LogP contribution is -2.10. The minimum atomic E-state index is -0.0737. The SMILES string of the molecule is Cc1nccn1CCCCCCC(=O)OC(C)C. The van der Waals surface area contributed by atoms with Crippen molar-refractivity contribution in [1.82, 2.24) is 9.55 Å². The highest BCUT2D eigenvalue weighted by Crippen LogP contribution is 2.07. The van der Waals surface area contributed by atoms with Gasteiger partial charge in [-0.2, -0.15) is 0 Å². The van der Waals surface area contributed by atoms with E-state index in [-0.39, 0.29) is 12.1 Å². The van der Waals surface area contributed by atoms with E-state index in [4.69, 9.17) is 4.74 Å². The summed E-state index contributed by atoms with van der Waals surface area (Å²) in [6, 6.07) is 0. The van der Waals surface area contributed by atoms with Crippen molar-refractivity contribution in [2.75, 3.05) is 0 Å². The van der Waals surface area contributed by atoms with Crippen molar-refractivity contribution in [3.8, 4) is 0 Å². The van der Waals surface area contributed by atoms with Gasteiger partial charge in [0.2, 0.25) is 0 Å². The fourth-order valence-electron chi connectivity index (χ4n) is 1.87. The first kappa shape index (κ1) is 14.7. The fraction of sp³-hybridized carbons (Fsp3) is 0.714. The number of ether oxygens (including phenoxy) is 1. The molecule has 0 aromatic carbocycles. The molecule has 102 valence electrons. The first-order chi connectivity index (χ1) is 8.59. The number of unbranched alkanes of at least 4 members (excludes halogenated alkanes) is 3. The zero-order chi connectivity index (χ0) is 13.4. The zero-order valence-electron chi connectivity index (χ0n) is 11.7. The zero-order valence-corrected chi connectivity index (χ0v) is 11.7. The van der Waals surface area contributed by atoms with Crippen LogP contribution < -0.4 is 0 Å². The molecule has 0 aliphatic carbocycles. The molecule has 1 heterocycles. The van der Waals surface area contributed by atoms with Gasteiger partial charge in [0.25, 0.3) is 0 Å². The molecule has 0 bridgehead atoms. The molecule has 4 nitrogen and oxygen atoms in total. The van der Waals surface area contributed by atoms with Gasteiger partial charge in [0.05, 0.1) is 6.10 Å². The minimum absolute atomic E-state index is 0.00159. The topological polar surface area (TPSA) is 44.1 Å². The normalized spacial score (nSPS) is 10.9. The summed E-state index contributed by atoms with van der Waals surface area (Å²) in [6.07, 6.45) is 8.68. The van der Waals surface area contributed by atoms with Crippen LogP contribution in [0.25, 0.3) is 0 Å². The lowest BCUT2D eigenvalue weighted by molar-refractivity contribution is -0.147. The van der Waals surface area contributed by atoms with Crippen LogP contribution in [0.1, 0.15) is 51.8 Å². The average molecular weight is 252 g/mol. The van der Waals surface area contributed by atoms with Gasteiger partial charge in [-0.15, -0.1) is 0 Å². The molecule has 0 saturated carbocycles. The summed E-state index contributed by atoms with van der Waals surface area (Å²) in [7, 11) is 0. The van der Waals surface area contributed by atoms with Gasteiger partial charge in [0.15, 0.2) is 0 Å².